The molecule has 1 N–H and O–H groups in total. The zero-order valence-corrected chi connectivity index (χ0v) is 10.0. The first-order valence-electron chi connectivity index (χ1n) is 5.08. The van der Waals surface area contributed by atoms with Gasteiger partial charge in [-0.05, 0) is 49.2 Å². The van der Waals surface area contributed by atoms with Crippen LogP contribution in [0.15, 0.2) is 30.3 Å². The van der Waals surface area contributed by atoms with Crippen LogP contribution in [0.5, 0.6) is 0 Å². The van der Waals surface area contributed by atoms with Crippen molar-refractivity contribution in [2.24, 2.45) is 0 Å². The van der Waals surface area contributed by atoms with E-state index in [9.17, 15) is 9.50 Å². The molecule has 0 spiro atoms. The molecule has 0 saturated heterocycles. The van der Waals surface area contributed by atoms with E-state index in [2.05, 4.69) is 0 Å². The SMILES string of the molecule is Cc1ccc([C@H](O)c2ccc(F)cc2C)s1. The zero-order valence-electron chi connectivity index (χ0n) is 9.20. The maximum atomic E-state index is 12.9. The van der Waals surface area contributed by atoms with Gasteiger partial charge in [-0.25, -0.2) is 4.39 Å². The predicted molar refractivity (Wildman–Crippen MR) is 64.3 cm³/mol. The number of hydrogen-bond acceptors (Lipinski definition) is 2. The summed E-state index contributed by atoms with van der Waals surface area (Å²) in [5.41, 5.74) is 1.54. The summed E-state index contributed by atoms with van der Waals surface area (Å²) in [6.07, 6.45) is -0.653. The molecule has 1 heterocycles. The number of aliphatic hydroxyl groups is 1. The summed E-state index contributed by atoms with van der Waals surface area (Å²) in [4.78, 5) is 2.06. The summed E-state index contributed by atoms with van der Waals surface area (Å²) in [6, 6.07) is 8.35. The molecule has 0 radical (unpaired) electrons. The molecular formula is C13H13FOS. The molecule has 1 aromatic heterocycles. The fraction of sp³-hybridized carbons (Fsp3) is 0.231. The van der Waals surface area contributed by atoms with Crippen LogP contribution in [0.4, 0.5) is 4.39 Å². The van der Waals surface area contributed by atoms with Gasteiger partial charge in [-0.3, -0.25) is 0 Å². The van der Waals surface area contributed by atoms with E-state index in [4.69, 9.17) is 0 Å². The van der Waals surface area contributed by atoms with Gasteiger partial charge >= 0.3 is 0 Å². The minimum absolute atomic E-state index is 0.268. The Bertz CT molecular complexity index is 504. The van der Waals surface area contributed by atoms with Crippen molar-refractivity contribution in [2.75, 3.05) is 0 Å². The van der Waals surface area contributed by atoms with Crippen LogP contribution in [0, 0.1) is 19.7 Å². The fourth-order valence-corrected chi connectivity index (χ4v) is 2.58. The average Bonchev–Trinajstić information content (AvgIpc) is 2.64. The van der Waals surface area contributed by atoms with Crippen molar-refractivity contribution in [3.8, 4) is 0 Å². The topological polar surface area (TPSA) is 20.2 Å². The number of aliphatic hydroxyl groups excluding tert-OH is 1. The highest BCUT2D eigenvalue weighted by Gasteiger charge is 2.14. The molecule has 16 heavy (non-hydrogen) atoms. The van der Waals surface area contributed by atoms with Gasteiger partial charge in [0.2, 0.25) is 0 Å². The van der Waals surface area contributed by atoms with Gasteiger partial charge in [0.1, 0.15) is 11.9 Å². The third kappa shape index (κ3) is 2.15. The Labute approximate surface area is 98.2 Å². The van der Waals surface area contributed by atoms with Crippen LogP contribution in [-0.2, 0) is 0 Å². The summed E-state index contributed by atoms with van der Waals surface area (Å²) >= 11 is 1.56. The molecular weight excluding hydrogens is 223 g/mol. The van der Waals surface area contributed by atoms with Crippen molar-refractivity contribution in [1.29, 1.82) is 0 Å². The highest BCUT2D eigenvalue weighted by molar-refractivity contribution is 7.12. The summed E-state index contributed by atoms with van der Waals surface area (Å²) in [7, 11) is 0. The van der Waals surface area contributed by atoms with Crippen molar-refractivity contribution in [3.05, 3.63) is 57.0 Å². The van der Waals surface area contributed by atoms with Gasteiger partial charge in [-0.1, -0.05) is 6.07 Å². The summed E-state index contributed by atoms with van der Waals surface area (Å²) in [6.45, 7) is 3.81. The number of aryl methyl sites for hydroxylation is 2. The van der Waals surface area contributed by atoms with Gasteiger partial charge in [-0.2, -0.15) is 0 Å². The van der Waals surface area contributed by atoms with E-state index < -0.39 is 6.10 Å². The van der Waals surface area contributed by atoms with Crippen LogP contribution in [0.3, 0.4) is 0 Å². The summed E-state index contributed by atoms with van der Waals surface area (Å²) in [5.74, 6) is -0.268. The van der Waals surface area contributed by atoms with Crippen molar-refractivity contribution >= 4 is 11.3 Å². The van der Waals surface area contributed by atoms with Gasteiger partial charge in [0.05, 0.1) is 0 Å². The molecule has 0 saturated carbocycles. The van der Waals surface area contributed by atoms with Gasteiger partial charge < -0.3 is 5.11 Å². The Morgan fingerprint density at radius 2 is 1.94 bits per heavy atom. The normalized spacial score (nSPS) is 12.8. The largest absolute Gasteiger partial charge is 0.383 e. The van der Waals surface area contributed by atoms with Crippen molar-refractivity contribution in [1.82, 2.24) is 0 Å². The molecule has 0 aliphatic heterocycles. The number of halogens is 1. The maximum absolute atomic E-state index is 12.9. The molecule has 0 unspecified atom stereocenters. The number of rotatable bonds is 2. The molecule has 0 aliphatic rings. The van der Waals surface area contributed by atoms with Crippen LogP contribution < -0.4 is 0 Å². The molecule has 0 aliphatic carbocycles. The standard InChI is InChI=1S/C13H13FOS/c1-8-7-10(14)4-5-11(8)13(15)12-6-3-9(2)16-12/h3-7,13,15H,1-2H3/t13-/m1/s1. The Hall–Kier alpha value is -1.19. The third-order valence-electron chi connectivity index (χ3n) is 2.56. The molecule has 2 rings (SSSR count). The second-order valence-corrected chi connectivity index (χ2v) is 5.17. The van der Waals surface area contributed by atoms with E-state index in [0.29, 0.717) is 0 Å². The number of hydrogen-bond donors (Lipinski definition) is 1. The van der Waals surface area contributed by atoms with E-state index in [1.807, 2.05) is 26.0 Å². The third-order valence-corrected chi connectivity index (χ3v) is 3.61. The monoisotopic (exact) mass is 236 g/mol. The number of thiophene rings is 1. The Morgan fingerprint density at radius 3 is 2.50 bits per heavy atom. The lowest BCUT2D eigenvalue weighted by molar-refractivity contribution is 0.223. The van der Waals surface area contributed by atoms with Gasteiger partial charge in [0.25, 0.3) is 0 Å². The van der Waals surface area contributed by atoms with Crippen LogP contribution in [-0.4, -0.2) is 5.11 Å². The van der Waals surface area contributed by atoms with Crippen molar-refractivity contribution in [2.45, 2.75) is 20.0 Å². The minimum Gasteiger partial charge on any atom is -0.383 e. The molecule has 84 valence electrons. The van der Waals surface area contributed by atoms with E-state index in [1.54, 1.807) is 17.4 Å². The van der Waals surface area contributed by atoms with Gasteiger partial charge in [-0.15, -0.1) is 11.3 Å². The molecule has 1 atom stereocenters. The van der Waals surface area contributed by atoms with Crippen LogP contribution in [0.25, 0.3) is 0 Å². The van der Waals surface area contributed by atoms with Crippen LogP contribution in [0.1, 0.15) is 27.0 Å². The van der Waals surface area contributed by atoms with E-state index in [-0.39, 0.29) is 5.82 Å². The minimum atomic E-state index is -0.653. The lowest BCUT2D eigenvalue weighted by Crippen LogP contribution is -2.00. The first-order valence-corrected chi connectivity index (χ1v) is 5.90. The molecule has 0 fully saturated rings. The van der Waals surface area contributed by atoms with E-state index in [1.165, 1.54) is 12.1 Å². The molecule has 1 aromatic carbocycles. The van der Waals surface area contributed by atoms with Gasteiger partial charge in [0, 0.05) is 9.75 Å². The molecule has 0 amide bonds. The van der Waals surface area contributed by atoms with E-state index in [0.717, 1.165) is 20.9 Å². The Kier molecular flexibility index (Phi) is 3.08. The average molecular weight is 236 g/mol. The highest BCUT2D eigenvalue weighted by atomic mass is 32.1. The summed E-state index contributed by atoms with van der Waals surface area (Å²) < 4.78 is 12.9. The fourth-order valence-electron chi connectivity index (χ4n) is 1.70. The maximum Gasteiger partial charge on any atom is 0.123 e. The Morgan fingerprint density at radius 1 is 1.19 bits per heavy atom. The zero-order chi connectivity index (χ0) is 11.7. The smallest absolute Gasteiger partial charge is 0.123 e. The first-order chi connectivity index (χ1) is 7.58. The molecule has 1 nitrogen and oxygen atoms in total. The van der Waals surface area contributed by atoms with Crippen LogP contribution in [0.2, 0.25) is 0 Å². The second kappa shape index (κ2) is 4.36. The summed E-state index contributed by atoms with van der Waals surface area (Å²) in [5, 5.41) is 10.2. The quantitative estimate of drug-likeness (QED) is 0.845. The van der Waals surface area contributed by atoms with Crippen LogP contribution >= 0.6 is 11.3 Å². The Balaban J connectivity index is 2.37. The van der Waals surface area contributed by atoms with Crippen molar-refractivity contribution < 1.29 is 9.50 Å². The lowest BCUT2D eigenvalue weighted by atomic mass is 10.0. The number of benzene rings is 1. The molecule has 0 bridgehead atoms. The second-order valence-electron chi connectivity index (χ2n) is 3.85. The van der Waals surface area contributed by atoms with E-state index >= 15 is 0 Å². The molecule has 3 heteroatoms. The van der Waals surface area contributed by atoms with Gasteiger partial charge in [0.15, 0.2) is 0 Å². The lowest BCUT2D eigenvalue weighted by Gasteiger charge is -2.11. The predicted octanol–water partition coefficient (Wildman–Crippen LogP) is 3.59. The first kappa shape index (κ1) is 11.3. The van der Waals surface area contributed by atoms with Crippen molar-refractivity contribution in [3.63, 3.8) is 0 Å². The molecule has 2 aromatic rings. The highest BCUT2D eigenvalue weighted by Crippen LogP contribution is 2.30.